The lowest BCUT2D eigenvalue weighted by Crippen LogP contribution is -2.53. The molecule has 0 unspecified atom stereocenters. The number of aryl methyl sites for hydroxylation is 1. The van der Waals surface area contributed by atoms with Crippen LogP contribution in [0.4, 0.5) is 10.1 Å². The molecule has 3 fully saturated rings. The second-order valence-corrected chi connectivity index (χ2v) is 13.5. The highest BCUT2D eigenvalue weighted by Gasteiger charge is 2.57. The summed E-state index contributed by atoms with van der Waals surface area (Å²) in [6.07, 6.45) is 2.85. The number of aliphatic carboxylic acids is 1. The largest absolute Gasteiger partial charge is 0.497 e. The van der Waals surface area contributed by atoms with Crippen LogP contribution in [0, 0.1) is 12.8 Å². The Hall–Kier alpha value is -3.13. The van der Waals surface area contributed by atoms with Crippen LogP contribution in [0.15, 0.2) is 42.5 Å². The van der Waals surface area contributed by atoms with E-state index in [9.17, 15) is 14.7 Å². The topological polar surface area (TPSA) is 73.3 Å². The number of alkyl halides is 1. The summed E-state index contributed by atoms with van der Waals surface area (Å²) in [7, 11) is 1.61. The maximum absolute atomic E-state index is 17.2. The number of rotatable bonds is 6. The molecule has 7 nitrogen and oxygen atoms in total. The van der Waals surface area contributed by atoms with Gasteiger partial charge in [-0.1, -0.05) is 24.3 Å². The van der Waals surface area contributed by atoms with E-state index in [0.717, 1.165) is 31.5 Å². The van der Waals surface area contributed by atoms with Gasteiger partial charge in [-0.2, -0.15) is 0 Å². The van der Waals surface area contributed by atoms with E-state index in [4.69, 9.17) is 4.74 Å². The summed E-state index contributed by atoms with van der Waals surface area (Å²) >= 11 is 0. The summed E-state index contributed by atoms with van der Waals surface area (Å²) < 4.78 is 22.5. The van der Waals surface area contributed by atoms with E-state index in [1.807, 2.05) is 24.3 Å². The number of hydrogen-bond donors (Lipinski definition) is 1. The second-order valence-electron chi connectivity index (χ2n) is 13.5. The van der Waals surface area contributed by atoms with Crippen molar-refractivity contribution in [1.82, 2.24) is 9.80 Å². The van der Waals surface area contributed by atoms with Crippen molar-refractivity contribution in [3.8, 4) is 5.75 Å². The predicted octanol–water partition coefficient (Wildman–Crippen LogP) is 5.62. The zero-order valence-corrected chi connectivity index (χ0v) is 25.7. The number of carboxylic acid groups (broad SMARTS) is 1. The van der Waals surface area contributed by atoms with Gasteiger partial charge >= 0.3 is 5.97 Å². The maximum Gasteiger partial charge on any atom is 0.306 e. The van der Waals surface area contributed by atoms with Gasteiger partial charge in [0.15, 0.2) is 0 Å². The van der Waals surface area contributed by atoms with Crippen molar-refractivity contribution in [2.45, 2.75) is 76.4 Å². The van der Waals surface area contributed by atoms with Gasteiger partial charge in [-0.05, 0) is 94.2 Å². The lowest BCUT2D eigenvalue weighted by molar-refractivity contribution is -0.145. The van der Waals surface area contributed by atoms with E-state index >= 15 is 4.39 Å². The summed E-state index contributed by atoms with van der Waals surface area (Å²) in [5, 5.41) is 9.44. The summed E-state index contributed by atoms with van der Waals surface area (Å²) in [6, 6.07) is 14.0. The number of anilines is 1. The van der Waals surface area contributed by atoms with E-state index < -0.39 is 23.5 Å². The van der Waals surface area contributed by atoms with Crippen molar-refractivity contribution >= 4 is 17.6 Å². The molecule has 8 heteroatoms. The Morgan fingerprint density at radius 3 is 2.19 bits per heavy atom. The number of piperidine rings is 2. The minimum Gasteiger partial charge on any atom is -0.497 e. The van der Waals surface area contributed by atoms with Gasteiger partial charge in [0.25, 0.3) is 5.91 Å². The molecule has 0 radical (unpaired) electrons. The molecule has 0 spiro atoms. The lowest BCUT2D eigenvalue weighted by atomic mass is 9.83. The molecule has 1 N–H and O–H groups in total. The van der Waals surface area contributed by atoms with E-state index in [-0.39, 0.29) is 23.9 Å². The van der Waals surface area contributed by atoms with Crippen LogP contribution in [0.25, 0.3) is 0 Å². The first-order valence-corrected chi connectivity index (χ1v) is 15.4. The molecule has 0 saturated carbocycles. The predicted molar refractivity (Wildman–Crippen MR) is 163 cm³/mol. The van der Waals surface area contributed by atoms with Crippen LogP contribution >= 0.6 is 0 Å². The molecule has 3 heterocycles. The summed E-state index contributed by atoms with van der Waals surface area (Å²) in [4.78, 5) is 31.7. The van der Waals surface area contributed by atoms with Gasteiger partial charge in [0.2, 0.25) is 5.67 Å². The van der Waals surface area contributed by atoms with Crippen molar-refractivity contribution in [3.63, 3.8) is 0 Å². The fraction of sp³-hybridized carbons (Fsp3) is 0.588. The van der Waals surface area contributed by atoms with Crippen molar-refractivity contribution in [2.24, 2.45) is 5.92 Å². The first kappa shape index (κ1) is 30.3. The first-order chi connectivity index (χ1) is 19.9. The highest BCUT2D eigenvalue weighted by molar-refractivity contribution is 5.87. The summed E-state index contributed by atoms with van der Waals surface area (Å²) in [6.45, 7) is 11.4. The Labute approximate surface area is 249 Å². The Bertz CT molecular complexity index is 1280. The number of benzene rings is 2. The van der Waals surface area contributed by atoms with Gasteiger partial charge in [-0.15, -0.1) is 0 Å². The van der Waals surface area contributed by atoms with E-state index in [1.165, 1.54) is 16.8 Å². The molecule has 0 aliphatic carbocycles. The summed E-state index contributed by atoms with van der Waals surface area (Å²) in [5.41, 5.74) is 2.18. The molecule has 2 aromatic rings. The third-order valence-electron chi connectivity index (χ3n) is 9.79. The van der Waals surface area contributed by atoms with Crippen LogP contribution in [-0.2, 0) is 9.59 Å². The second kappa shape index (κ2) is 11.9. The standard InChI is InChI=1S/C34H46FN3O4/c1-23-6-11-28(30(20-23)36-16-14-26(15-17-36)31(39)40)24-12-18-37(19-13-24)32(41)34(35)22-38(33(2,3)4)21-29(34)25-7-9-27(42-5)10-8-25/h6-11,20,24,26,29H,12-19,21-22H2,1-5H3,(H,39,40)/t29-,34-/m0/s1. The smallest absolute Gasteiger partial charge is 0.306 e. The number of ether oxygens (including phenoxy) is 1. The molecular formula is C34H46FN3O4. The molecule has 1 amide bonds. The molecule has 42 heavy (non-hydrogen) atoms. The van der Waals surface area contributed by atoms with Gasteiger partial charge in [-0.25, -0.2) is 4.39 Å². The summed E-state index contributed by atoms with van der Waals surface area (Å²) in [5.74, 6) is -0.945. The molecule has 5 rings (SSSR count). The highest BCUT2D eigenvalue weighted by atomic mass is 19.1. The molecule has 0 aromatic heterocycles. The monoisotopic (exact) mass is 579 g/mol. The fourth-order valence-electron chi connectivity index (χ4n) is 7.05. The molecule has 0 bridgehead atoms. The number of halogens is 1. The van der Waals surface area contributed by atoms with Crippen molar-refractivity contribution < 1.29 is 23.8 Å². The molecule has 228 valence electrons. The van der Waals surface area contributed by atoms with Gasteiger partial charge in [-0.3, -0.25) is 14.5 Å². The number of carbonyl (C=O) groups excluding carboxylic acids is 1. The average molecular weight is 580 g/mol. The zero-order chi connectivity index (χ0) is 30.2. The van der Waals surface area contributed by atoms with E-state index in [1.54, 1.807) is 12.0 Å². The van der Waals surface area contributed by atoms with Crippen molar-refractivity contribution in [3.05, 3.63) is 59.2 Å². The van der Waals surface area contributed by atoms with Crippen LogP contribution < -0.4 is 9.64 Å². The number of methoxy groups -OCH3 is 1. The zero-order valence-electron chi connectivity index (χ0n) is 25.7. The lowest BCUT2D eigenvalue weighted by Gasteiger charge is -2.39. The first-order valence-electron chi connectivity index (χ1n) is 15.4. The third kappa shape index (κ3) is 6.01. The fourth-order valence-corrected chi connectivity index (χ4v) is 7.05. The number of likely N-dealkylation sites (tertiary alicyclic amines) is 2. The van der Waals surface area contributed by atoms with Crippen LogP contribution in [0.2, 0.25) is 0 Å². The van der Waals surface area contributed by atoms with E-state index in [0.29, 0.717) is 38.2 Å². The van der Waals surface area contributed by atoms with Crippen LogP contribution in [-0.4, -0.2) is 84.4 Å². The van der Waals surface area contributed by atoms with Gasteiger partial charge < -0.3 is 19.6 Å². The minimum absolute atomic E-state index is 0.0837. The quantitative estimate of drug-likeness (QED) is 0.479. The van der Waals surface area contributed by atoms with Crippen molar-refractivity contribution in [1.29, 1.82) is 0 Å². The molecule has 3 aliphatic heterocycles. The van der Waals surface area contributed by atoms with Crippen LogP contribution in [0.5, 0.6) is 5.75 Å². The Kier molecular flexibility index (Phi) is 8.57. The highest BCUT2D eigenvalue weighted by Crippen LogP contribution is 2.45. The SMILES string of the molecule is COc1ccc([C@@H]2CN(C(C)(C)C)C[C@@]2(F)C(=O)N2CCC(c3ccc(C)cc3N3CCC(C(=O)O)CC3)CC2)cc1. The number of nitrogens with zero attached hydrogens (tertiary/aromatic N) is 3. The Morgan fingerprint density at radius 1 is 0.976 bits per heavy atom. The normalized spacial score (nSPS) is 24.7. The molecule has 2 aromatic carbocycles. The van der Waals surface area contributed by atoms with Gasteiger partial charge in [0.1, 0.15) is 5.75 Å². The van der Waals surface area contributed by atoms with E-state index in [2.05, 4.69) is 55.7 Å². The van der Waals surface area contributed by atoms with Crippen molar-refractivity contribution in [2.75, 3.05) is 51.3 Å². The molecule has 3 saturated heterocycles. The van der Waals surface area contributed by atoms with Gasteiger partial charge in [0.05, 0.1) is 13.0 Å². The number of carbonyl (C=O) groups is 2. The molecule has 2 atom stereocenters. The molecular weight excluding hydrogens is 533 g/mol. The van der Waals surface area contributed by atoms with Crippen LogP contribution in [0.1, 0.15) is 75.0 Å². The number of amides is 1. The number of carboxylic acids is 1. The Balaban J connectivity index is 1.32. The van der Waals surface area contributed by atoms with Gasteiger partial charge in [0, 0.05) is 56.4 Å². The minimum atomic E-state index is -2.00. The van der Waals surface area contributed by atoms with Crippen LogP contribution in [0.3, 0.4) is 0 Å². The third-order valence-corrected chi connectivity index (χ3v) is 9.79. The average Bonchev–Trinajstić information content (AvgIpc) is 3.36. The maximum atomic E-state index is 17.2. The number of hydrogen-bond acceptors (Lipinski definition) is 5. The Morgan fingerprint density at radius 2 is 1.62 bits per heavy atom. The molecule has 3 aliphatic rings.